The summed E-state index contributed by atoms with van der Waals surface area (Å²) in [5.41, 5.74) is -3.15. The van der Waals surface area contributed by atoms with Crippen LogP contribution in [-0.2, 0) is 0 Å². The highest BCUT2D eigenvalue weighted by Crippen LogP contribution is 2.37. The lowest BCUT2D eigenvalue weighted by molar-refractivity contribution is -0.0328. The average Bonchev–Trinajstić information content (AvgIpc) is 2.38. The third-order valence-electron chi connectivity index (χ3n) is 3.30. The van der Waals surface area contributed by atoms with Gasteiger partial charge in [-0.1, -0.05) is 12.1 Å². The molecule has 1 atom stereocenters. The monoisotopic (exact) mass is 362 g/mol. The van der Waals surface area contributed by atoms with Gasteiger partial charge in [-0.05, 0) is 36.4 Å². The van der Waals surface area contributed by atoms with Gasteiger partial charge < -0.3 is 5.32 Å². The molecule has 1 heterocycles. The molecule has 0 spiro atoms. The number of nitrogens with zero attached hydrogens (tertiary/aromatic N) is 1. The summed E-state index contributed by atoms with van der Waals surface area (Å²) in [6.45, 7) is 5.97. The van der Waals surface area contributed by atoms with E-state index in [9.17, 15) is 13.2 Å². The SMILES string of the molecule is C[C@@H](c1ccc(SC(F)(F)F)cc1)N1CCNCC1.Cl.Cl. The standard InChI is InChI=1S/C13H17F3N2S.2ClH/c1-10(18-8-6-17-7-9-18)11-2-4-12(5-3-11)19-13(14,15)16;;/h2-5,10,17H,6-9H2,1H3;2*1H/t10-;;/m0../s1. The average molecular weight is 363 g/mol. The molecule has 1 aliphatic heterocycles. The number of benzene rings is 1. The van der Waals surface area contributed by atoms with Gasteiger partial charge >= 0.3 is 5.51 Å². The van der Waals surface area contributed by atoms with Crippen LogP contribution in [0.3, 0.4) is 0 Å². The molecule has 1 saturated heterocycles. The molecule has 0 aromatic heterocycles. The number of thioether (sulfide) groups is 1. The summed E-state index contributed by atoms with van der Waals surface area (Å²) in [6, 6.07) is 6.92. The molecule has 1 aliphatic rings. The second-order valence-corrected chi connectivity index (χ2v) is 5.72. The van der Waals surface area contributed by atoms with E-state index in [1.54, 1.807) is 24.3 Å². The van der Waals surface area contributed by atoms with Gasteiger partial charge in [0.05, 0.1) is 0 Å². The van der Waals surface area contributed by atoms with E-state index >= 15 is 0 Å². The van der Waals surface area contributed by atoms with Crippen LogP contribution in [-0.4, -0.2) is 36.6 Å². The maximum Gasteiger partial charge on any atom is 0.446 e. The Bertz CT molecular complexity index is 409. The minimum absolute atomic E-state index is 0. The van der Waals surface area contributed by atoms with Gasteiger partial charge in [-0.3, -0.25) is 4.90 Å². The third kappa shape index (κ3) is 6.65. The summed E-state index contributed by atoms with van der Waals surface area (Å²) in [7, 11) is 0. The maximum absolute atomic E-state index is 12.2. The normalized spacial score (nSPS) is 17.5. The van der Waals surface area contributed by atoms with Crippen molar-refractivity contribution in [1.82, 2.24) is 10.2 Å². The van der Waals surface area contributed by atoms with E-state index in [2.05, 4.69) is 17.1 Å². The molecule has 1 aromatic carbocycles. The zero-order chi connectivity index (χ0) is 13.9. The molecule has 0 unspecified atom stereocenters. The first-order valence-corrected chi connectivity index (χ1v) is 7.08. The van der Waals surface area contributed by atoms with Crippen LogP contribution in [0.15, 0.2) is 29.2 Å². The van der Waals surface area contributed by atoms with E-state index in [4.69, 9.17) is 0 Å². The predicted octanol–water partition coefficient (Wildman–Crippen LogP) is 4.11. The molecule has 0 aliphatic carbocycles. The van der Waals surface area contributed by atoms with Gasteiger partial charge in [-0.2, -0.15) is 13.2 Å². The number of nitrogens with one attached hydrogen (secondary N) is 1. The van der Waals surface area contributed by atoms with E-state index in [-0.39, 0.29) is 47.5 Å². The quantitative estimate of drug-likeness (QED) is 0.814. The molecule has 8 heteroatoms. The molecular formula is C13H19Cl2F3N2S. The maximum atomic E-state index is 12.2. The first-order chi connectivity index (χ1) is 8.96. The van der Waals surface area contributed by atoms with Gasteiger partial charge in [0.2, 0.25) is 0 Å². The van der Waals surface area contributed by atoms with Crippen molar-refractivity contribution in [2.45, 2.75) is 23.4 Å². The summed E-state index contributed by atoms with van der Waals surface area (Å²) in [5.74, 6) is 0. The lowest BCUT2D eigenvalue weighted by Gasteiger charge is -2.33. The van der Waals surface area contributed by atoms with Crippen molar-refractivity contribution in [2.75, 3.05) is 26.2 Å². The summed E-state index contributed by atoms with van der Waals surface area (Å²) in [5, 5.41) is 3.29. The van der Waals surface area contributed by atoms with Crippen molar-refractivity contribution in [1.29, 1.82) is 0 Å². The van der Waals surface area contributed by atoms with E-state index in [0.29, 0.717) is 0 Å². The smallest absolute Gasteiger partial charge is 0.314 e. The fourth-order valence-corrected chi connectivity index (χ4v) is 2.77. The number of rotatable bonds is 3. The third-order valence-corrected chi connectivity index (χ3v) is 4.03. The first-order valence-electron chi connectivity index (χ1n) is 6.26. The molecule has 1 N–H and O–H groups in total. The van der Waals surface area contributed by atoms with Gasteiger partial charge in [0.15, 0.2) is 0 Å². The predicted molar refractivity (Wildman–Crippen MR) is 85.7 cm³/mol. The number of hydrogen-bond acceptors (Lipinski definition) is 3. The lowest BCUT2D eigenvalue weighted by atomic mass is 10.1. The molecule has 0 radical (unpaired) electrons. The molecule has 0 amide bonds. The summed E-state index contributed by atoms with van der Waals surface area (Å²) in [6.07, 6.45) is 0. The van der Waals surface area contributed by atoms with Gasteiger partial charge in [-0.25, -0.2) is 0 Å². The van der Waals surface area contributed by atoms with Gasteiger partial charge in [-0.15, -0.1) is 24.8 Å². The molecule has 2 rings (SSSR count). The molecule has 122 valence electrons. The number of alkyl halides is 3. The molecule has 21 heavy (non-hydrogen) atoms. The van der Waals surface area contributed by atoms with Crippen molar-refractivity contribution >= 4 is 36.6 Å². The molecular weight excluding hydrogens is 344 g/mol. The minimum Gasteiger partial charge on any atom is -0.314 e. The molecule has 1 aromatic rings. The summed E-state index contributed by atoms with van der Waals surface area (Å²) in [4.78, 5) is 2.58. The Balaban J connectivity index is 0.00000200. The fraction of sp³-hybridized carbons (Fsp3) is 0.538. The molecule has 2 nitrogen and oxygen atoms in total. The summed E-state index contributed by atoms with van der Waals surface area (Å²) >= 11 is -0.0669. The first kappa shape index (κ1) is 20.9. The highest BCUT2D eigenvalue weighted by atomic mass is 35.5. The van der Waals surface area contributed by atoms with Crippen LogP contribution >= 0.6 is 36.6 Å². The Labute approximate surface area is 139 Å². The number of piperazine rings is 1. The Morgan fingerprint density at radius 1 is 1.10 bits per heavy atom. The fourth-order valence-electron chi connectivity index (χ4n) is 2.23. The Morgan fingerprint density at radius 3 is 2.10 bits per heavy atom. The largest absolute Gasteiger partial charge is 0.446 e. The van der Waals surface area contributed by atoms with Crippen LogP contribution in [0, 0.1) is 0 Å². The van der Waals surface area contributed by atoms with Gasteiger partial charge in [0.25, 0.3) is 0 Å². The van der Waals surface area contributed by atoms with Crippen LogP contribution < -0.4 is 5.32 Å². The van der Waals surface area contributed by atoms with Crippen molar-refractivity contribution < 1.29 is 13.2 Å². The lowest BCUT2D eigenvalue weighted by Crippen LogP contribution is -2.44. The number of halogens is 5. The van der Waals surface area contributed by atoms with Crippen LogP contribution in [0.4, 0.5) is 13.2 Å². The van der Waals surface area contributed by atoms with Crippen LogP contribution in [0.5, 0.6) is 0 Å². The van der Waals surface area contributed by atoms with Crippen molar-refractivity contribution in [2.24, 2.45) is 0 Å². The second kappa shape index (κ2) is 9.10. The van der Waals surface area contributed by atoms with Crippen molar-refractivity contribution in [3.63, 3.8) is 0 Å². The molecule has 0 saturated carbocycles. The van der Waals surface area contributed by atoms with E-state index in [1.165, 1.54) is 0 Å². The zero-order valence-corrected chi connectivity index (χ0v) is 14.0. The zero-order valence-electron chi connectivity index (χ0n) is 11.5. The van der Waals surface area contributed by atoms with Crippen molar-refractivity contribution in [3.8, 4) is 0 Å². The van der Waals surface area contributed by atoms with E-state index in [0.717, 1.165) is 31.7 Å². The number of hydrogen-bond donors (Lipinski definition) is 1. The summed E-state index contributed by atoms with van der Waals surface area (Å²) < 4.78 is 36.7. The Kier molecular flexibility index (Phi) is 9.04. The van der Waals surface area contributed by atoms with Crippen LogP contribution in [0.25, 0.3) is 0 Å². The van der Waals surface area contributed by atoms with E-state index in [1.807, 2.05) is 0 Å². The molecule has 0 bridgehead atoms. The van der Waals surface area contributed by atoms with E-state index < -0.39 is 5.51 Å². The van der Waals surface area contributed by atoms with Gasteiger partial charge in [0.1, 0.15) is 0 Å². The Hall–Kier alpha value is -0.140. The van der Waals surface area contributed by atoms with Crippen molar-refractivity contribution in [3.05, 3.63) is 29.8 Å². The second-order valence-electron chi connectivity index (χ2n) is 4.58. The molecule has 1 fully saturated rings. The van der Waals surface area contributed by atoms with Crippen LogP contribution in [0.2, 0.25) is 0 Å². The Morgan fingerprint density at radius 2 is 1.62 bits per heavy atom. The van der Waals surface area contributed by atoms with Gasteiger partial charge in [0, 0.05) is 37.1 Å². The highest BCUT2D eigenvalue weighted by Gasteiger charge is 2.29. The van der Waals surface area contributed by atoms with Crippen LogP contribution in [0.1, 0.15) is 18.5 Å². The topological polar surface area (TPSA) is 15.3 Å². The highest BCUT2D eigenvalue weighted by molar-refractivity contribution is 8.00. The minimum atomic E-state index is -4.22.